The molecule has 0 fully saturated rings. The zero-order valence-electron chi connectivity index (χ0n) is 6.97. The van der Waals surface area contributed by atoms with Gasteiger partial charge in [-0.3, -0.25) is 12.1 Å². The molecule has 0 saturated carbocycles. The van der Waals surface area contributed by atoms with Gasteiger partial charge in [-0.1, -0.05) is 0 Å². The van der Waals surface area contributed by atoms with Crippen molar-refractivity contribution in [2.45, 2.75) is 6.92 Å². The van der Waals surface area contributed by atoms with Crippen molar-refractivity contribution >= 4 is 0 Å². The molecule has 0 saturated heterocycles. The third kappa shape index (κ3) is 5.68. The first-order valence-corrected chi connectivity index (χ1v) is 2.52. The van der Waals surface area contributed by atoms with E-state index in [1.165, 1.54) is 6.07 Å². The number of phenols is 2. The van der Waals surface area contributed by atoms with Gasteiger partial charge in [0, 0.05) is 0 Å². The van der Waals surface area contributed by atoms with Gasteiger partial charge in [-0.15, -0.1) is 18.4 Å². The summed E-state index contributed by atoms with van der Waals surface area (Å²) < 4.78 is 0. The molecule has 0 aliphatic rings. The summed E-state index contributed by atoms with van der Waals surface area (Å²) in [7, 11) is 0. The van der Waals surface area contributed by atoms with Crippen LogP contribution in [0.25, 0.3) is 0 Å². The minimum Gasteiger partial charge on any atom is -0.591 e. The van der Waals surface area contributed by atoms with E-state index in [-0.39, 0.29) is 128 Å². The third-order valence-electron chi connectivity index (χ3n) is 1.02. The van der Waals surface area contributed by atoms with E-state index in [4.69, 9.17) is 10.2 Å². The number of benzene rings is 1. The molecule has 48 valence electrons. The van der Waals surface area contributed by atoms with Crippen LogP contribution in [0.1, 0.15) is 5.56 Å². The largest absolute Gasteiger partial charge is 1.00 e. The van der Waals surface area contributed by atoms with E-state index in [1.807, 2.05) is 0 Å². The molecule has 2 N–H and O–H groups in total. The van der Waals surface area contributed by atoms with Gasteiger partial charge in [-0.05, 0) is 0 Å². The summed E-state index contributed by atoms with van der Waals surface area (Å²) in [4.78, 5) is 0. The van der Waals surface area contributed by atoms with Crippen LogP contribution in [0.3, 0.4) is 0 Å². The predicted octanol–water partition coefficient (Wildman–Crippen LogP) is -4.99. The van der Waals surface area contributed by atoms with E-state index in [0.717, 1.165) is 0 Å². The van der Waals surface area contributed by atoms with E-state index in [1.54, 1.807) is 6.92 Å². The molecule has 11 heavy (non-hydrogen) atoms. The van der Waals surface area contributed by atoms with Crippen molar-refractivity contribution in [2.75, 3.05) is 0 Å². The maximum atomic E-state index is 8.85. The molecule has 0 unspecified atom stereocenters. The Hall–Kier alpha value is 2.43. The van der Waals surface area contributed by atoms with Crippen LogP contribution in [0, 0.1) is 19.1 Å². The van der Waals surface area contributed by atoms with Crippen LogP contribution in [0.4, 0.5) is 0 Å². The molecule has 0 bridgehead atoms. The molecule has 0 aromatic heterocycles. The average molecular weight is 293 g/mol. The van der Waals surface area contributed by atoms with Crippen LogP contribution >= 0.6 is 0 Å². The molecule has 0 heterocycles. The van der Waals surface area contributed by atoms with Crippen molar-refractivity contribution in [3.63, 3.8) is 0 Å². The van der Waals surface area contributed by atoms with Crippen molar-refractivity contribution in [1.29, 1.82) is 0 Å². The smallest absolute Gasteiger partial charge is 0.591 e. The van der Waals surface area contributed by atoms with Crippen molar-refractivity contribution < 1.29 is 127 Å². The van der Waals surface area contributed by atoms with Gasteiger partial charge in [0.1, 0.15) is 0 Å². The van der Waals surface area contributed by atoms with Gasteiger partial charge in [0.25, 0.3) is 0 Å². The van der Waals surface area contributed by atoms with Crippen LogP contribution in [0.5, 0.6) is 11.5 Å². The van der Waals surface area contributed by atoms with Gasteiger partial charge >= 0.3 is 116 Å². The Morgan fingerprint density at radius 1 is 1.27 bits per heavy atom. The monoisotopic (exact) mass is 292 g/mol. The molecule has 1 aromatic carbocycles. The Morgan fingerprint density at radius 3 is 2.18 bits per heavy atom. The zero-order valence-corrected chi connectivity index (χ0v) is 16.8. The fourth-order valence-corrected chi connectivity index (χ4v) is 0.532. The standard InChI is InChI=1S/C7H6O2.2Rb/c1-5-4-6(8)2-3-7(5)9;;/h2,8-9H,1H3;;/q-2;2*+1. The fraction of sp³-hybridized carbons (Fsp3) is 0.143. The summed E-state index contributed by atoms with van der Waals surface area (Å²) in [5, 5.41) is 17.6. The maximum absolute atomic E-state index is 8.85. The van der Waals surface area contributed by atoms with E-state index in [2.05, 4.69) is 12.1 Å². The van der Waals surface area contributed by atoms with Crippen molar-refractivity contribution in [2.24, 2.45) is 0 Å². The molecule has 1 aromatic rings. The Bertz CT molecular complexity index is 226. The summed E-state index contributed by atoms with van der Waals surface area (Å²) in [6.07, 6.45) is 0. The summed E-state index contributed by atoms with van der Waals surface area (Å²) in [5.41, 5.74) is 0.509. The second-order valence-corrected chi connectivity index (χ2v) is 1.77. The summed E-state index contributed by atoms with van der Waals surface area (Å²) in [5.74, 6) is 0.0399. The first kappa shape index (κ1) is 15.9. The number of rotatable bonds is 0. The van der Waals surface area contributed by atoms with Crippen LogP contribution in [-0.2, 0) is 0 Å². The molecule has 0 aliphatic heterocycles. The Labute approximate surface area is 164 Å². The Morgan fingerprint density at radius 2 is 1.82 bits per heavy atom. The molecule has 1 rings (SSSR count). The van der Waals surface area contributed by atoms with E-state index < -0.39 is 0 Å². The van der Waals surface area contributed by atoms with Crippen molar-refractivity contribution in [3.8, 4) is 11.5 Å². The van der Waals surface area contributed by atoms with E-state index in [0.29, 0.717) is 5.56 Å². The normalized spacial score (nSPS) is 7.73. The molecule has 0 radical (unpaired) electrons. The van der Waals surface area contributed by atoms with E-state index in [9.17, 15) is 0 Å². The SMILES string of the molecule is Cc1[c-]c(O)c[c-]c1O.[Rb+].[Rb+]. The number of hydrogen-bond acceptors (Lipinski definition) is 2. The first-order chi connectivity index (χ1) is 4.20. The van der Waals surface area contributed by atoms with Crippen molar-refractivity contribution in [3.05, 3.63) is 23.8 Å². The summed E-state index contributed by atoms with van der Waals surface area (Å²) >= 11 is 0. The van der Waals surface area contributed by atoms with Crippen LogP contribution < -0.4 is 116 Å². The van der Waals surface area contributed by atoms with Gasteiger partial charge in [0.05, 0.1) is 0 Å². The van der Waals surface area contributed by atoms with E-state index >= 15 is 0 Å². The van der Waals surface area contributed by atoms with Gasteiger partial charge in [-0.2, -0.15) is 0 Å². The molecular weight excluding hydrogens is 287 g/mol. The molecule has 0 spiro atoms. The van der Waals surface area contributed by atoms with Crippen LogP contribution in [0.15, 0.2) is 6.07 Å². The average Bonchev–Trinajstić information content (AvgIpc) is 1.80. The van der Waals surface area contributed by atoms with Crippen LogP contribution in [0.2, 0.25) is 0 Å². The quantitative estimate of drug-likeness (QED) is 0.372. The summed E-state index contributed by atoms with van der Waals surface area (Å²) in [6, 6.07) is 6.22. The first-order valence-electron chi connectivity index (χ1n) is 2.52. The minimum absolute atomic E-state index is 0. The predicted molar refractivity (Wildman–Crippen MR) is 32.2 cm³/mol. The number of aryl methyl sites for hydroxylation is 1. The van der Waals surface area contributed by atoms with Crippen molar-refractivity contribution in [1.82, 2.24) is 0 Å². The maximum Gasteiger partial charge on any atom is 1.00 e. The van der Waals surface area contributed by atoms with Gasteiger partial charge in [-0.25, -0.2) is 11.6 Å². The Balaban J connectivity index is 0. The molecule has 0 atom stereocenters. The second kappa shape index (κ2) is 7.80. The zero-order chi connectivity index (χ0) is 6.85. The summed E-state index contributed by atoms with van der Waals surface area (Å²) in [6.45, 7) is 1.64. The molecule has 4 heteroatoms. The molecule has 0 aliphatic carbocycles. The number of hydrogen-bond donors (Lipinski definition) is 2. The van der Waals surface area contributed by atoms with Crippen LogP contribution in [-0.4, -0.2) is 10.2 Å². The number of phenolic OH excluding ortho intramolecular Hbond substituents is 2. The number of aromatic hydroxyl groups is 2. The second-order valence-electron chi connectivity index (χ2n) is 1.77. The molecule has 0 amide bonds. The Kier molecular flexibility index (Phi) is 11.3. The van der Waals surface area contributed by atoms with Gasteiger partial charge in [0.2, 0.25) is 0 Å². The minimum atomic E-state index is 0. The fourth-order valence-electron chi connectivity index (χ4n) is 0.532. The molecular formula is C7H6O2Rb2. The third-order valence-corrected chi connectivity index (χ3v) is 1.02. The van der Waals surface area contributed by atoms with Gasteiger partial charge < -0.3 is 10.2 Å². The topological polar surface area (TPSA) is 40.5 Å². The van der Waals surface area contributed by atoms with Gasteiger partial charge in [0.15, 0.2) is 0 Å². The molecule has 2 nitrogen and oxygen atoms in total.